The van der Waals surface area contributed by atoms with Gasteiger partial charge in [0.1, 0.15) is 0 Å². The minimum atomic E-state index is -0.892. The van der Waals surface area contributed by atoms with E-state index in [0.29, 0.717) is 12.0 Å². The SMILES string of the molecule is C=CCCC(NN)c1ccc(F)c(F)c1Br. The number of hydrogen-bond donors (Lipinski definition) is 2. The zero-order valence-corrected chi connectivity index (χ0v) is 10.2. The number of nitrogens with two attached hydrogens (primary N) is 1. The number of hydrazine groups is 1. The molecule has 1 unspecified atom stereocenters. The van der Waals surface area contributed by atoms with E-state index in [9.17, 15) is 8.78 Å². The summed E-state index contributed by atoms with van der Waals surface area (Å²) in [5.74, 6) is 3.61. The Bertz CT molecular complexity index is 382. The standard InChI is InChI=1S/C11H13BrF2N2/c1-2-3-4-9(16-15)7-5-6-8(13)11(14)10(7)12/h2,5-6,9,16H,1,3-4,15H2. The van der Waals surface area contributed by atoms with Crippen LogP contribution in [-0.4, -0.2) is 0 Å². The molecule has 1 aromatic rings. The van der Waals surface area contributed by atoms with E-state index in [1.165, 1.54) is 6.07 Å². The topological polar surface area (TPSA) is 38.0 Å². The lowest BCUT2D eigenvalue weighted by Gasteiger charge is -2.17. The minimum Gasteiger partial charge on any atom is -0.271 e. The van der Waals surface area contributed by atoms with Gasteiger partial charge in [-0.05, 0) is 40.4 Å². The molecule has 0 bridgehead atoms. The fraction of sp³-hybridized carbons (Fsp3) is 0.273. The smallest absolute Gasteiger partial charge is 0.173 e. The molecule has 0 saturated carbocycles. The molecular weight excluding hydrogens is 278 g/mol. The molecule has 0 heterocycles. The average Bonchev–Trinajstić information content (AvgIpc) is 2.29. The first-order chi connectivity index (χ1) is 7.61. The molecule has 0 aliphatic heterocycles. The summed E-state index contributed by atoms with van der Waals surface area (Å²) < 4.78 is 26.3. The molecular formula is C11H13BrF2N2. The Morgan fingerprint density at radius 1 is 1.50 bits per heavy atom. The van der Waals surface area contributed by atoms with E-state index >= 15 is 0 Å². The van der Waals surface area contributed by atoms with E-state index in [4.69, 9.17) is 5.84 Å². The maximum Gasteiger partial charge on any atom is 0.173 e. The Balaban J connectivity index is 3.01. The summed E-state index contributed by atoms with van der Waals surface area (Å²) in [6.45, 7) is 3.60. The van der Waals surface area contributed by atoms with Gasteiger partial charge in [-0.3, -0.25) is 11.3 Å². The molecule has 1 atom stereocenters. The highest BCUT2D eigenvalue weighted by molar-refractivity contribution is 9.10. The monoisotopic (exact) mass is 290 g/mol. The van der Waals surface area contributed by atoms with Gasteiger partial charge in [0, 0.05) is 6.04 Å². The molecule has 1 rings (SSSR count). The van der Waals surface area contributed by atoms with Crippen LogP contribution in [0.3, 0.4) is 0 Å². The highest BCUT2D eigenvalue weighted by atomic mass is 79.9. The average molecular weight is 291 g/mol. The van der Waals surface area contributed by atoms with Gasteiger partial charge in [0.15, 0.2) is 11.6 Å². The molecule has 0 aliphatic rings. The van der Waals surface area contributed by atoms with Gasteiger partial charge in [-0.2, -0.15) is 0 Å². The number of hydrogen-bond acceptors (Lipinski definition) is 2. The number of benzene rings is 1. The normalized spacial score (nSPS) is 12.5. The summed E-state index contributed by atoms with van der Waals surface area (Å²) in [5, 5.41) is 0. The molecule has 3 N–H and O–H groups in total. The molecule has 1 aromatic carbocycles. The van der Waals surface area contributed by atoms with Crippen LogP contribution < -0.4 is 11.3 Å². The van der Waals surface area contributed by atoms with Crippen molar-refractivity contribution >= 4 is 15.9 Å². The van der Waals surface area contributed by atoms with Crippen LogP contribution in [0.1, 0.15) is 24.4 Å². The van der Waals surface area contributed by atoms with E-state index in [-0.39, 0.29) is 10.5 Å². The summed E-state index contributed by atoms with van der Waals surface area (Å²) in [4.78, 5) is 0. The van der Waals surface area contributed by atoms with Gasteiger partial charge < -0.3 is 0 Å². The van der Waals surface area contributed by atoms with Gasteiger partial charge in [0.25, 0.3) is 0 Å². The van der Waals surface area contributed by atoms with Gasteiger partial charge in [0.05, 0.1) is 4.47 Å². The molecule has 0 aromatic heterocycles. The molecule has 5 heteroatoms. The fourth-order valence-electron chi connectivity index (χ4n) is 1.42. The maximum atomic E-state index is 13.3. The molecule has 16 heavy (non-hydrogen) atoms. The third kappa shape index (κ3) is 2.87. The zero-order chi connectivity index (χ0) is 12.1. The van der Waals surface area contributed by atoms with E-state index in [0.717, 1.165) is 12.5 Å². The molecule has 0 amide bonds. The van der Waals surface area contributed by atoms with Crippen molar-refractivity contribution in [3.8, 4) is 0 Å². The molecule has 0 fully saturated rings. The minimum absolute atomic E-state index is 0.111. The first-order valence-corrected chi connectivity index (χ1v) is 5.61. The van der Waals surface area contributed by atoms with E-state index in [2.05, 4.69) is 27.9 Å². The van der Waals surface area contributed by atoms with Crippen LogP contribution in [0.4, 0.5) is 8.78 Å². The largest absolute Gasteiger partial charge is 0.271 e. The Morgan fingerprint density at radius 3 is 2.75 bits per heavy atom. The third-order valence-electron chi connectivity index (χ3n) is 2.30. The molecule has 0 saturated heterocycles. The van der Waals surface area contributed by atoms with Crippen LogP contribution in [0.25, 0.3) is 0 Å². The predicted molar refractivity (Wildman–Crippen MR) is 63.6 cm³/mol. The molecule has 88 valence electrons. The van der Waals surface area contributed by atoms with Crippen molar-refractivity contribution in [3.63, 3.8) is 0 Å². The Kier molecular flexibility index (Phi) is 5.05. The van der Waals surface area contributed by atoms with Gasteiger partial charge >= 0.3 is 0 Å². The van der Waals surface area contributed by atoms with Crippen LogP contribution in [0.2, 0.25) is 0 Å². The van der Waals surface area contributed by atoms with Crippen LogP contribution >= 0.6 is 15.9 Å². The third-order valence-corrected chi connectivity index (χ3v) is 3.11. The highest BCUT2D eigenvalue weighted by Gasteiger charge is 2.17. The van der Waals surface area contributed by atoms with E-state index in [1.54, 1.807) is 6.08 Å². The van der Waals surface area contributed by atoms with Crippen molar-refractivity contribution in [2.24, 2.45) is 5.84 Å². The second-order valence-electron chi connectivity index (χ2n) is 3.35. The van der Waals surface area contributed by atoms with E-state index in [1.807, 2.05) is 0 Å². The van der Waals surface area contributed by atoms with Crippen LogP contribution in [-0.2, 0) is 0 Å². The lowest BCUT2D eigenvalue weighted by atomic mass is 10.0. The van der Waals surface area contributed by atoms with Crippen LogP contribution in [0.15, 0.2) is 29.3 Å². The molecule has 0 aliphatic carbocycles. The number of halogens is 3. The van der Waals surface area contributed by atoms with Crippen molar-refractivity contribution < 1.29 is 8.78 Å². The summed E-state index contributed by atoms with van der Waals surface area (Å²) in [7, 11) is 0. The van der Waals surface area contributed by atoms with Gasteiger partial charge in [-0.1, -0.05) is 12.1 Å². The van der Waals surface area contributed by atoms with Crippen molar-refractivity contribution in [1.82, 2.24) is 5.43 Å². The highest BCUT2D eigenvalue weighted by Crippen LogP contribution is 2.29. The van der Waals surface area contributed by atoms with Gasteiger partial charge in [-0.15, -0.1) is 6.58 Å². The Hall–Kier alpha value is -0.780. The fourth-order valence-corrected chi connectivity index (χ4v) is 2.02. The van der Waals surface area contributed by atoms with Crippen molar-refractivity contribution in [2.45, 2.75) is 18.9 Å². The first-order valence-electron chi connectivity index (χ1n) is 4.82. The van der Waals surface area contributed by atoms with Crippen molar-refractivity contribution in [2.75, 3.05) is 0 Å². The second kappa shape index (κ2) is 6.08. The van der Waals surface area contributed by atoms with Crippen molar-refractivity contribution in [1.29, 1.82) is 0 Å². The van der Waals surface area contributed by atoms with Crippen LogP contribution in [0, 0.1) is 11.6 Å². The first kappa shape index (κ1) is 13.3. The lowest BCUT2D eigenvalue weighted by Crippen LogP contribution is -2.28. The zero-order valence-electron chi connectivity index (χ0n) is 8.64. The van der Waals surface area contributed by atoms with Crippen molar-refractivity contribution in [3.05, 3.63) is 46.5 Å². The summed E-state index contributed by atoms with van der Waals surface area (Å²) in [6.07, 6.45) is 3.15. The summed E-state index contributed by atoms with van der Waals surface area (Å²) in [6, 6.07) is 2.37. The Labute approximate surface area is 102 Å². The van der Waals surface area contributed by atoms with Gasteiger partial charge in [0.2, 0.25) is 0 Å². The van der Waals surface area contributed by atoms with E-state index < -0.39 is 11.6 Å². The number of allylic oxidation sites excluding steroid dienone is 1. The van der Waals surface area contributed by atoms with Crippen LogP contribution in [0.5, 0.6) is 0 Å². The lowest BCUT2D eigenvalue weighted by molar-refractivity contribution is 0.484. The van der Waals surface area contributed by atoms with Gasteiger partial charge in [-0.25, -0.2) is 8.78 Å². The predicted octanol–water partition coefficient (Wildman–Crippen LogP) is 3.20. The number of rotatable bonds is 5. The Morgan fingerprint density at radius 2 is 2.19 bits per heavy atom. The quantitative estimate of drug-likeness (QED) is 0.378. The summed E-state index contributed by atoms with van der Waals surface area (Å²) in [5.41, 5.74) is 3.17. The number of nitrogens with one attached hydrogen (secondary N) is 1. The molecule has 0 spiro atoms. The second-order valence-corrected chi connectivity index (χ2v) is 4.14. The summed E-state index contributed by atoms with van der Waals surface area (Å²) >= 11 is 3.03. The maximum absolute atomic E-state index is 13.3. The molecule has 0 radical (unpaired) electrons. The molecule has 2 nitrogen and oxygen atoms in total.